The molecule has 4 rings (SSSR count). The average molecular weight is 383 g/mol. The van der Waals surface area contributed by atoms with Crippen LogP contribution in [-0.2, 0) is 0 Å². The fraction of sp³-hybridized carbons (Fsp3) is 0.250. The van der Waals surface area contributed by atoms with Crippen molar-refractivity contribution in [3.63, 3.8) is 0 Å². The molecule has 1 amide bonds. The number of nitrogens with zero attached hydrogens (tertiary/aromatic N) is 3. The number of carbonyl (C=O) groups excluding carboxylic acids is 1. The summed E-state index contributed by atoms with van der Waals surface area (Å²) in [4.78, 5) is 25.4. The summed E-state index contributed by atoms with van der Waals surface area (Å²) in [6, 6.07) is 9.27. The molecule has 0 bridgehead atoms. The van der Waals surface area contributed by atoms with Gasteiger partial charge in [-0.2, -0.15) is 5.10 Å². The van der Waals surface area contributed by atoms with E-state index in [1.54, 1.807) is 33.8 Å². The first-order chi connectivity index (χ1) is 13.5. The molecular weight excluding hydrogens is 365 g/mol. The van der Waals surface area contributed by atoms with E-state index in [9.17, 15) is 14.0 Å². The predicted octanol–water partition coefficient (Wildman–Crippen LogP) is 3.46. The third-order valence-electron chi connectivity index (χ3n) is 4.92. The summed E-state index contributed by atoms with van der Waals surface area (Å²) in [5.41, 5.74) is 0.856. The highest BCUT2D eigenvalue weighted by molar-refractivity contribution is 5.92. The molecule has 3 aromatic rings. The van der Waals surface area contributed by atoms with Gasteiger partial charge in [-0.25, -0.2) is 9.18 Å². The Kier molecular flexibility index (Phi) is 4.68. The van der Waals surface area contributed by atoms with Crippen molar-refractivity contribution in [1.82, 2.24) is 14.7 Å². The number of piperidine rings is 1. The molecule has 0 spiro atoms. The lowest BCUT2D eigenvalue weighted by molar-refractivity contribution is 0.0658. The van der Waals surface area contributed by atoms with Gasteiger partial charge in [-0.15, -0.1) is 0 Å². The topological polar surface area (TPSA) is 88.6 Å². The zero-order chi connectivity index (χ0) is 19.7. The SMILES string of the molecule is O=C(O)c1cnn(C2CCN(C(=O)c3ccc(-c4ccc(F)cc4)o3)CC2)c1. The van der Waals surface area contributed by atoms with Crippen LogP contribution in [0.3, 0.4) is 0 Å². The van der Waals surface area contributed by atoms with E-state index in [0.717, 1.165) is 0 Å². The number of carboxylic acids is 1. The zero-order valence-corrected chi connectivity index (χ0v) is 14.9. The van der Waals surface area contributed by atoms with Crippen molar-refractivity contribution in [3.05, 3.63) is 65.9 Å². The highest BCUT2D eigenvalue weighted by Gasteiger charge is 2.27. The van der Waals surface area contributed by atoms with E-state index in [-0.39, 0.29) is 29.1 Å². The number of carbonyl (C=O) groups is 2. The van der Waals surface area contributed by atoms with Crippen LogP contribution in [0.1, 0.15) is 39.8 Å². The van der Waals surface area contributed by atoms with Crippen LogP contribution < -0.4 is 0 Å². The Labute approximate surface area is 160 Å². The van der Waals surface area contributed by atoms with Crippen LogP contribution >= 0.6 is 0 Å². The molecule has 144 valence electrons. The lowest BCUT2D eigenvalue weighted by Crippen LogP contribution is -2.39. The minimum atomic E-state index is -1.01. The largest absolute Gasteiger partial charge is 0.478 e. The first-order valence-electron chi connectivity index (χ1n) is 8.94. The Hall–Kier alpha value is -3.42. The first-order valence-corrected chi connectivity index (χ1v) is 8.94. The van der Waals surface area contributed by atoms with E-state index in [2.05, 4.69) is 5.10 Å². The Bertz CT molecular complexity index is 1000. The first kappa shape index (κ1) is 18.0. The lowest BCUT2D eigenvalue weighted by atomic mass is 10.1. The van der Waals surface area contributed by atoms with Gasteiger partial charge in [0.15, 0.2) is 5.76 Å². The maximum atomic E-state index is 13.0. The van der Waals surface area contributed by atoms with Gasteiger partial charge in [-0.05, 0) is 49.2 Å². The van der Waals surface area contributed by atoms with Crippen molar-refractivity contribution in [2.75, 3.05) is 13.1 Å². The van der Waals surface area contributed by atoms with Gasteiger partial charge < -0.3 is 14.4 Å². The van der Waals surface area contributed by atoms with E-state index >= 15 is 0 Å². The van der Waals surface area contributed by atoms with Crippen LogP contribution in [0.2, 0.25) is 0 Å². The van der Waals surface area contributed by atoms with Gasteiger partial charge in [-0.1, -0.05) is 0 Å². The fourth-order valence-corrected chi connectivity index (χ4v) is 3.36. The van der Waals surface area contributed by atoms with Crippen molar-refractivity contribution in [1.29, 1.82) is 0 Å². The van der Waals surface area contributed by atoms with Crippen molar-refractivity contribution in [2.24, 2.45) is 0 Å². The monoisotopic (exact) mass is 383 g/mol. The maximum absolute atomic E-state index is 13.0. The van der Waals surface area contributed by atoms with E-state index < -0.39 is 5.97 Å². The third-order valence-corrected chi connectivity index (χ3v) is 4.92. The Balaban J connectivity index is 1.40. The minimum absolute atomic E-state index is 0.0588. The van der Waals surface area contributed by atoms with Crippen LogP contribution in [-0.4, -0.2) is 44.8 Å². The number of aromatic carboxylic acids is 1. The predicted molar refractivity (Wildman–Crippen MR) is 97.5 cm³/mol. The second-order valence-corrected chi connectivity index (χ2v) is 6.71. The lowest BCUT2D eigenvalue weighted by Gasteiger charge is -2.31. The number of aromatic nitrogens is 2. The molecule has 1 aromatic carbocycles. The summed E-state index contributed by atoms with van der Waals surface area (Å²) in [5, 5.41) is 13.1. The van der Waals surface area contributed by atoms with Crippen molar-refractivity contribution in [2.45, 2.75) is 18.9 Å². The van der Waals surface area contributed by atoms with E-state index in [4.69, 9.17) is 9.52 Å². The van der Waals surface area contributed by atoms with Crippen molar-refractivity contribution >= 4 is 11.9 Å². The number of carboxylic acid groups (broad SMARTS) is 1. The molecule has 8 heteroatoms. The number of rotatable bonds is 4. The third kappa shape index (κ3) is 3.53. The van der Waals surface area contributed by atoms with Crippen LogP contribution in [0.25, 0.3) is 11.3 Å². The van der Waals surface area contributed by atoms with Crippen molar-refractivity contribution in [3.8, 4) is 11.3 Å². The molecule has 0 atom stereocenters. The van der Waals surface area contributed by atoms with E-state index in [1.165, 1.54) is 24.5 Å². The normalized spacial score (nSPS) is 15.0. The summed E-state index contributed by atoms with van der Waals surface area (Å²) < 4.78 is 20.4. The molecule has 0 aliphatic carbocycles. The van der Waals surface area contributed by atoms with Crippen LogP contribution in [0.15, 0.2) is 53.2 Å². The number of hydrogen-bond donors (Lipinski definition) is 1. The number of furan rings is 1. The summed E-state index contributed by atoms with van der Waals surface area (Å²) in [7, 11) is 0. The number of amides is 1. The second-order valence-electron chi connectivity index (χ2n) is 6.71. The van der Waals surface area contributed by atoms with Crippen molar-refractivity contribution < 1.29 is 23.5 Å². The fourth-order valence-electron chi connectivity index (χ4n) is 3.36. The van der Waals surface area contributed by atoms with E-state index in [1.807, 2.05) is 0 Å². The number of halogens is 1. The molecule has 1 fully saturated rings. The second kappa shape index (κ2) is 7.30. The zero-order valence-electron chi connectivity index (χ0n) is 14.9. The van der Waals surface area contributed by atoms with Gasteiger partial charge in [0.05, 0.1) is 17.8 Å². The molecule has 2 aromatic heterocycles. The molecule has 0 saturated carbocycles. The van der Waals surface area contributed by atoms with Crippen LogP contribution in [0.4, 0.5) is 4.39 Å². The Morgan fingerprint density at radius 2 is 1.82 bits per heavy atom. The minimum Gasteiger partial charge on any atom is -0.478 e. The summed E-state index contributed by atoms with van der Waals surface area (Å²) in [6.45, 7) is 1.05. The Morgan fingerprint density at radius 3 is 2.46 bits per heavy atom. The molecule has 1 saturated heterocycles. The van der Waals surface area contributed by atoms with Gasteiger partial charge in [0.2, 0.25) is 0 Å². The van der Waals surface area contributed by atoms with Gasteiger partial charge in [0.1, 0.15) is 11.6 Å². The molecule has 7 nitrogen and oxygen atoms in total. The van der Waals surface area contributed by atoms with E-state index in [0.29, 0.717) is 37.3 Å². The van der Waals surface area contributed by atoms with Crippen LogP contribution in [0.5, 0.6) is 0 Å². The maximum Gasteiger partial charge on any atom is 0.338 e. The summed E-state index contributed by atoms with van der Waals surface area (Å²) >= 11 is 0. The Morgan fingerprint density at radius 1 is 1.11 bits per heavy atom. The molecular formula is C20H18FN3O4. The molecule has 28 heavy (non-hydrogen) atoms. The van der Waals surface area contributed by atoms with Gasteiger partial charge in [0, 0.05) is 24.8 Å². The van der Waals surface area contributed by atoms with Gasteiger partial charge >= 0.3 is 5.97 Å². The smallest absolute Gasteiger partial charge is 0.338 e. The molecule has 1 aliphatic heterocycles. The highest BCUT2D eigenvalue weighted by Crippen LogP contribution is 2.26. The number of benzene rings is 1. The average Bonchev–Trinajstić information content (AvgIpc) is 3.38. The number of likely N-dealkylation sites (tertiary alicyclic amines) is 1. The molecule has 0 radical (unpaired) electrons. The molecule has 1 aliphatic rings. The quantitative estimate of drug-likeness (QED) is 0.745. The van der Waals surface area contributed by atoms with Crippen LogP contribution in [0, 0.1) is 5.82 Å². The summed E-state index contributed by atoms with van der Waals surface area (Å²) in [5.74, 6) is -0.782. The summed E-state index contributed by atoms with van der Waals surface area (Å²) in [6.07, 6.45) is 4.21. The van der Waals surface area contributed by atoms with Gasteiger partial charge in [0.25, 0.3) is 5.91 Å². The molecule has 1 N–H and O–H groups in total. The molecule has 3 heterocycles. The van der Waals surface area contributed by atoms with Gasteiger partial charge in [-0.3, -0.25) is 9.48 Å². The molecule has 0 unspecified atom stereocenters. The standard InChI is InChI=1S/C20H18FN3O4/c21-15-3-1-13(2-4-15)17-5-6-18(28-17)19(25)23-9-7-16(8-10-23)24-12-14(11-22-24)20(26)27/h1-6,11-12,16H,7-10H2,(H,26,27). The number of hydrogen-bond acceptors (Lipinski definition) is 4. The highest BCUT2D eigenvalue weighted by atomic mass is 19.1.